The molecule has 10 heteroatoms. The van der Waals surface area contributed by atoms with Crippen LogP contribution in [-0.4, -0.2) is 59.6 Å². The van der Waals surface area contributed by atoms with E-state index >= 15 is 8.78 Å². The maximum Gasteiger partial charge on any atom is 0.303 e. The summed E-state index contributed by atoms with van der Waals surface area (Å²) < 4.78 is 50.0. The molecule has 4 aliphatic carbocycles. The maximum absolute atomic E-state index is 17.9. The summed E-state index contributed by atoms with van der Waals surface area (Å²) in [6.07, 6.45) is 0.249. The zero-order chi connectivity index (χ0) is 28.4. The minimum absolute atomic E-state index is 0.00673. The lowest BCUT2D eigenvalue weighted by atomic mass is 9.44. The highest BCUT2D eigenvalue weighted by Gasteiger charge is 2.79. The van der Waals surface area contributed by atoms with Crippen LogP contribution in [0.3, 0.4) is 0 Å². The Morgan fingerprint density at radius 2 is 1.68 bits per heavy atom. The third kappa shape index (κ3) is 3.69. The van der Waals surface area contributed by atoms with Crippen LogP contribution in [0.25, 0.3) is 0 Å². The second kappa shape index (κ2) is 9.09. The van der Waals surface area contributed by atoms with Crippen LogP contribution in [-0.2, 0) is 38.2 Å². The molecule has 0 spiro atoms. The predicted molar refractivity (Wildman–Crippen MR) is 129 cm³/mol. The Morgan fingerprint density at radius 3 is 2.26 bits per heavy atom. The number of rotatable bonds is 5. The van der Waals surface area contributed by atoms with Gasteiger partial charge in [-0.25, -0.2) is 8.78 Å². The van der Waals surface area contributed by atoms with E-state index in [2.05, 4.69) is 0 Å². The smallest absolute Gasteiger partial charge is 0.303 e. The summed E-state index contributed by atoms with van der Waals surface area (Å²) in [4.78, 5) is 62.0. The first-order valence-electron chi connectivity index (χ1n) is 12.9. The van der Waals surface area contributed by atoms with Crippen molar-refractivity contribution in [2.24, 2.45) is 28.6 Å². The Balaban J connectivity index is 1.92. The molecule has 38 heavy (non-hydrogen) atoms. The molecule has 0 aliphatic heterocycles. The molecule has 0 heterocycles. The van der Waals surface area contributed by atoms with Crippen LogP contribution in [0, 0.1) is 28.6 Å². The van der Waals surface area contributed by atoms with E-state index in [1.54, 1.807) is 13.8 Å². The van der Waals surface area contributed by atoms with Gasteiger partial charge in [0.1, 0.15) is 12.3 Å². The van der Waals surface area contributed by atoms with Crippen LogP contribution in [0.1, 0.15) is 60.8 Å². The van der Waals surface area contributed by atoms with Gasteiger partial charge in [0.25, 0.3) is 0 Å². The minimum atomic E-state index is -2.32. The third-order valence-electron chi connectivity index (χ3n) is 9.58. The van der Waals surface area contributed by atoms with Crippen LogP contribution in [0.4, 0.5) is 8.78 Å². The molecule has 8 nitrogen and oxygen atoms in total. The molecular weight excluding hydrogens is 502 g/mol. The van der Waals surface area contributed by atoms with Crippen LogP contribution < -0.4 is 0 Å². The van der Waals surface area contributed by atoms with Gasteiger partial charge in [-0.3, -0.25) is 24.0 Å². The number of ether oxygens (including phenoxy) is 3. The lowest BCUT2D eigenvalue weighted by Crippen LogP contribution is -2.71. The largest absolute Gasteiger partial charge is 0.459 e. The summed E-state index contributed by atoms with van der Waals surface area (Å²) in [6, 6.07) is 0. The lowest BCUT2D eigenvalue weighted by Gasteiger charge is -2.63. The first kappa shape index (κ1) is 28.1. The molecule has 9 atom stereocenters. The van der Waals surface area contributed by atoms with Gasteiger partial charge in [-0.1, -0.05) is 19.9 Å². The number of esters is 3. The first-order chi connectivity index (χ1) is 17.5. The van der Waals surface area contributed by atoms with E-state index in [4.69, 9.17) is 14.2 Å². The Labute approximate surface area is 220 Å². The topological polar surface area (TPSA) is 113 Å². The average molecular weight is 537 g/mol. The molecular formula is C28H34F2O8. The maximum atomic E-state index is 17.9. The molecule has 0 saturated heterocycles. The number of alkyl halides is 2. The van der Waals surface area contributed by atoms with E-state index in [1.807, 2.05) is 0 Å². The molecule has 0 aromatic heterocycles. The molecule has 0 aromatic carbocycles. The summed E-state index contributed by atoms with van der Waals surface area (Å²) in [5.41, 5.74) is -7.05. The molecule has 0 bridgehead atoms. The van der Waals surface area contributed by atoms with E-state index in [1.165, 1.54) is 19.1 Å². The predicted octanol–water partition coefficient (Wildman–Crippen LogP) is 3.56. The molecule has 0 radical (unpaired) electrons. The van der Waals surface area contributed by atoms with Gasteiger partial charge in [0.15, 0.2) is 23.7 Å². The summed E-state index contributed by atoms with van der Waals surface area (Å²) >= 11 is 0. The zero-order valence-electron chi connectivity index (χ0n) is 22.5. The fourth-order valence-corrected chi connectivity index (χ4v) is 8.18. The Kier molecular flexibility index (Phi) is 6.72. The number of carbonyl (C=O) groups excluding carboxylic acids is 5. The molecule has 0 N–H and O–H groups in total. The van der Waals surface area contributed by atoms with Crippen LogP contribution in [0.2, 0.25) is 0 Å². The average Bonchev–Trinajstić information content (AvgIpc) is 3.02. The molecule has 4 rings (SSSR count). The van der Waals surface area contributed by atoms with Crippen molar-refractivity contribution in [2.75, 3.05) is 6.61 Å². The van der Waals surface area contributed by atoms with Gasteiger partial charge in [-0.2, -0.15) is 0 Å². The number of halogens is 2. The Bertz CT molecular complexity index is 1160. The van der Waals surface area contributed by atoms with Crippen molar-refractivity contribution in [1.29, 1.82) is 0 Å². The van der Waals surface area contributed by atoms with Crippen molar-refractivity contribution in [2.45, 2.75) is 84.4 Å². The van der Waals surface area contributed by atoms with Gasteiger partial charge in [0.2, 0.25) is 5.78 Å². The van der Waals surface area contributed by atoms with Crippen molar-refractivity contribution < 1.29 is 47.0 Å². The number of allylic oxidation sites excluding steroid dienone is 4. The molecule has 0 amide bonds. The van der Waals surface area contributed by atoms with Crippen molar-refractivity contribution in [1.82, 2.24) is 0 Å². The van der Waals surface area contributed by atoms with Crippen LogP contribution >= 0.6 is 0 Å². The lowest BCUT2D eigenvalue weighted by molar-refractivity contribution is -0.238. The number of ketones is 2. The van der Waals surface area contributed by atoms with E-state index in [-0.39, 0.29) is 24.8 Å². The molecule has 3 fully saturated rings. The molecule has 3 unspecified atom stereocenters. The molecule has 3 saturated carbocycles. The molecule has 4 aliphatic rings. The fraction of sp³-hybridized carbons (Fsp3) is 0.679. The summed E-state index contributed by atoms with van der Waals surface area (Å²) in [5, 5.41) is 0. The van der Waals surface area contributed by atoms with Gasteiger partial charge in [0.05, 0.1) is 0 Å². The summed E-state index contributed by atoms with van der Waals surface area (Å²) in [5.74, 6) is -5.71. The van der Waals surface area contributed by atoms with Crippen molar-refractivity contribution in [3.8, 4) is 0 Å². The van der Waals surface area contributed by atoms with Crippen LogP contribution in [0.15, 0.2) is 23.8 Å². The SMILES string of the molecule is CC(=O)OCC(=O)[C@@]1(OC(C)=O)C(C)C[C@H]2[C@@H]3CC(F)C4=CC(=O)C=C[C@]4(C)[C@@]3(F)C(OC(C)=O)C[C@@]21C. The monoisotopic (exact) mass is 536 g/mol. The Morgan fingerprint density at radius 1 is 1.03 bits per heavy atom. The fourth-order valence-electron chi connectivity index (χ4n) is 8.18. The van der Waals surface area contributed by atoms with Crippen molar-refractivity contribution in [3.63, 3.8) is 0 Å². The van der Waals surface area contributed by atoms with Gasteiger partial charge in [-0.05, 0) is 49.8 Å². The van der Waals surface area contributed by atoms with Crippen LogP contribution in [0.5, 0.6) is 0 Å². The molecule has 0 aromatic rings. The normalized spacial score (nSPS) is 43.2. The summed E-state index contributed by atoms with van der Waals surface area (Å²) in [6.45, 7) is 7.63. The van der Waals surface area contributed by atoms with Gasteiger partial charge >= 0.3 is 17.9 Å². The first-order valence-corrected chi connectivity index (χ1v) is 12.9. The Hall–Kier alpha value is -2.91. The standard InChI is InChI=1S/C28H34F2O8/c1-14-9-19-20-11-22(29)21-10-18(34)7-8-25(21,5)27(20,30)24(37-16(3)32)12-26(19,6)28(14,38-17(4)33)23(35)13-36-15(2)31/h7-8,10,14,19-20,22,24H,9,11-13H2,1-6H3/t14?,19-,20-,22?,24?,25-,26-,27-,28-/m0/s1. The number of fused-ring (bicyclic) bond motifs is 5. The highest BCUT2D eigenvalue weighted by molar-refractivity contribution is 6.01. The zero-order valence-corrected chi connectivity index (χ0v) is 22.5. The van der Waals surface area contributed by atoms with E-state index in [0.29, 0.717) is 0 Å². The third-order valence-corrected chi connectivity index (χ3v) is 9.58. The van der Waals surface area contributed by atoms with Gasteiger partial charge in [0, 0.05) is 43.4 Å². The number of Topliss-reactive ketones (excluding diaryl/α,β-unsaturated/α-hetero) is 1. The minimum Gasteiger partial charge on any atom is -0.459 e. The quantitative estimate of drug-likeness (QED) is 0.387. The molecule has 208 valence electrons. The van der Waals surface area contributed by atoms with E-state index in [9.17, 15) is 24.0 Å². The van der Waals surface area contributed by atoms with Crippen molar-refractivity contribution >= 4 is 29.5 Å². The summed E-state index contributed by atoms with van der Waals surface area (Å²) in [7, 11) is 0. The van der Waals surface area contributed by atoms with E-state index < -0.39 is 88.2 Å². The second-order valence-electron chi connectivity index (χ2n) is 11.6. The van der Waals surface area contributed by atoms with Gasteiger partial charge in [-0.15, -0.1) is 0 Å². The van der Waals surface area contributed by atoms with Gasteiger partial charge < -0.3 is 14.2 Å². The highest BCUT2D eigenvalue weighted by Crippen LogP contribution is 2.72. The van der Waals surface area contributed by atoms with E-state index in [0.717, 1.165) is 26.8 Å². The number of hydrogen-bond acceptors (Lipinski definition) is 8. The number of hydrogen-bond donors (Lipinski definition) is 0. The van der Waals surface area contributed by atoms with Crippen molar-refractivity contribution in [3.05, 3.63) is 23.8 Å². The number of carbonyl (C=O) groups is 5. The second-order valence-corrected chi connectivity index (χ2v) is 11.6. The highest BCUT2D eigenvalue weighted by atomic mass is 19.1.